The van der Waals surface area contributed by atoms with Gasteiger partial charge in [-0.3, -0.25) is 4.79 Å². The number of carbonyl (C=O) groups excluding carboxylic acids is 1. The van der Waals surface area contributed by atoms with Gasteiger partial charge in [-0.2, -0.15) is 0 Å². The first-order valence-corrected chi connectivity index (χ1v) is 4.05. The van der Waals surface area contributed by atoms with Crippen LogP contribution in [0, 0.1) is 5.41 Å². The minimum atomic E-state index is -0.0690. The summed E-state index contributed by atoms with van der Waals surface area (Å²) in [6.07, 6.45) is 0. The van der Waals surface area contributed by atoms with Crippen molar-refractivity contribution in [2.24, 2.45) is 5.41 Å². The molecule has 0 unspecified atom stereocenters. The van der Waals surface area contributed by atoms with Crippen LogP contribution in [0.25, 0.3) is 0 Å². The summed E-state index contributed by atoms with van der Waals surface area (Å²) in [5.41, 5.74) is 0.802. The van der Waals surface area contributed by atoms with Gasteiger partial charge in [-0.1, -0.05) is 20.8 Å². The lowest BCUT2D eigenvalue weighted by molar-refractivity contribution is -0.125. The van der Waals surface area contributed by atoms with Crippen molar-refractivity contribution in [1.82, 2.24) is 5.32 Å². The SMILES string of the molecule is CC1=C(C(C)(C)C)OCC(=O)N1. The highest BCUT2D eigenvalue weighted by molar-refractivity contribution is 5.80. The van der Waals surface area contributed by atoms with Crippen molar-refractivity contribution >= 4 is 5.91 Å². The molecule has 0 saturated heterocycles. The summed E-state index contributed by atoms with van der Waals surface area (Å²) >= 11 is 0. The van der Waals surface area contributed by atoms with Gasteiger partial charge in [-0.25, -0.2) is 0 Å². The molecule has 0 aromatic rings. The Morgan fingerprint density at radius 2 is 2.00 bits per heavy atom. The summed E-state index contributed by atoms with van der Waals surface area (Å²) in [7, 11) is 0. The second kappa shape index (κ2) is 2.81. The van der Waals surface area contributed by atoms with Crippen LogP contribution < -0.4 is 5.32 Å². The van der Waals surface area contributed by atoms with Gasteiger partial charge in [0.25, 0.3) is 5.91 Å². The fourth-order valence-corrected chi connectivity index (χ4v) is 1.33. The van der Waals surface area contributed by atoms with Gasteiger partial charge >= 0.3 is 0 Å². The standard InChI is InChI=1S/C9H15NO2/c1-6-8(9(2,3)4)12-5-7(11)10-6/h5H2,1-4H3,(H,10,11). The molecule has 1 amide bonds. The number of rotatable bonds is 0. The van der Waals surface area contributed by atoms with E-state index in [1.807, 2.05) is 6.92 Å². The average molecular weight is 169 g/mol. The topological polar surface area (TPSA) is 38.3 Å². The van der Waals surface area contributed by atoms with E-state index in [0.29, 0.717) is 0 Å². The Labute approximate surface area is 72.8 Å². The van der Waals surface area contributed by atoms with Gasteiger partial charge in [0, 0.05) is 5.41 Å². The molecule has 0 fully saturated rings. The van der Waals surface area contributed by atoms with E-state index >= 15 is 0 Å². The van der Waals surface area contributed by atoms with Gasteiger partial charge in [-0.05, 0) is 6.92 Å². The highest BCUT2D eigenvalue weighted by atomic mass is 16.5. The zero-order chi connectivity index (χ0) is 9.35. The Balaban J connectivity index is 2.90. The van der Waals surface area contributed by atoms with E-state index in [4.69, 9.17) is 4.74 Å². The highest BCUT2D eigenvalue weighted by Crippen LogP contribution is 2.29. The lowest BCUT2D eigenvalue weighted by Gasteiger charge is -2.28. The number of allylic oxidation sites excluding steroid dienone is 2. The van der Waals surface area contributed by atoms with E-state index in [9.17, 15) is 4.79 Å². The minimum absolute atomic E-state index is 0.0300. The van der Waals surface area contributed by atoms with Crippen LogP contribution in [0.15, 0.2) is 11.5 Å². The van der Waals surface area contributed by atoms with E-state index < -0.39 is 0 Å². The molecule has 12 heavy (non-hydrogen) atoms. The monoisotopic (exact) mass is 169 g/mol. The summed E-state index contributed by atoms with van der Waals surface area (Å²) in [6, 6.07) is 0. The molecule has 1 rings (SSSR count). The quantitative estimate of drug-likeness (QED) is 0.595. The van der Waals surface area contributed by atoms with Crippen LogP contribution >= 0.6 is 0 Å². The number of ether oxygens (including phenoxy) is 1. The lowest BCUT2D eigenvalue weighted by Crippen LogP contribution is -2.35. The predicted molar refractivity (Wildman–Crippen MR) is 46.2 cm³/mol. The summed E-state index contributed by atoms with van der Waals surface area (Å²) in [4.78, 5) is 10.9. The first-order valence-electron chi connectivity index (χ1n) is 4.05. The Kier molecular flexibility index (Phi) is 2.13. The number of carbonyl (C=O) groups is 1. The zero-order valence-electron chi connectivity index (χ0n) is 8.02. The van der Waals surface area contributed by atoms with E-state index in [-0.39, 0.29) is 17.9 Å². The number of nitrogens with one attached hydrogen (secondary N) is 1. The van der Waals surface area contributed by atoms with Crippen molar-refractivity contribution in [1.29, 1.82) is 0 Å². The van der Waals surface area contributed by atoms with Gasteiger partial charge in [0.2, 0.25) is 0 Å². The molecule has 0 bridgehead atoms. The molecular weight excluding hydrogens is 154 g/mol. The van der Waals surface area contributed by atoms with E-state index in [1.54, 1.807) is 0 Å². The fourth-order valence-electron chi connectivity index (χ4n) is 1.33. The highest BCUT2D eigenvalue weighted by Gasteiger charge is 2.26. The zero-order valence-corrected chi connectivity index (χ0v) is 8.02. The number of amides is 1. The van der Waals surface area contributed by atoms with Gasteiger partial charge < -0.3 is 10.1 Å². The number of hydrogen-bond donors (Lipinski definition) is 1. The molecule has 1 aliphatic rings. The molecule has 0 atom stereocenters. The predicted octanol–water partition coefficient (Wildman–Crippen LogP) is 1.41. The van der Waals surface area contributed by atoms with Crippen LogP contribution in [-0.2, 0) is 9.53 Å². The third-order valence-corrected chi connectivity index (χ3v) is 1.70. The maximum atomic E-state index is 10.9. The maximum Gasteiger partial charge on any atom is 0.262 e. The minimum Gasteiger partial charge on any atom is -0.486 e. The normalized spacial score (nSPS) is 18.8. The van der Waals surface area contributed by atoms with Crippen LogP contribution in [0.5, 0.6) is 0 Å². The van der Waals surface area contributed by atoms with Crippen LogP contribution in [0.4, 0.5) is 0 Å². The summed E-state index contributed by atoms with van der Waals surface area (Å²) in [5.74, 6) is 0.808. The third kappa shape index (κ3) is 1.78. The van der Waals surface area contributed by atoms with Crippen LogP contribution in [0.3, 0.4) is 0 Å². The molecule has 1 aliphatic heterocycles. The van der Waals surface area contributed by atoms with Crippen molar-refractivity contribution in [2.75, 3.05) is 6.61 Å². The summed E-state index contributed by atoms with van der Waals surface area (Å²) in [5, 5.41) is 2.75. The van der Waals surface area contributed by atoms with Crippen LogP contribution in [-0.4, -0.2) is 12.5 Å². The van der Waals surface area contributed by atoms with Crippen LogP contribution in [0.2, 0.25) is 0 Å². The maximum absolute atomic E-state index is 10.9. The smallest absolute Gasteiger partial charge is 0.262 e. The molecule has 0 saturated carbocycles. The Hall–Kier alpha value is -0.990. The van der Waals surface area contributed by atoms with Gasteiger partial charge in [0.05, 0.1) is 5.70 Å². The van der Waals surface area contributed by atoms with Crippen molar-refractivity contribution in [3.05, 3.63) is 11.5 Å². The Bertz CT molecular complexity index is 235. The van der Waals surface area contributed by atoms with Crippen molar-refractivity contribution < 1.29 is 9.53 Å². The van der Waals surface area contributed by atoms with Crippen molar-refractivity contribution in [2.45, 2.75) is 27.7 Å². The molecule has 0 aromatic heterocycles. The Morgan fingerprint density at radius 3 is 2.42 bits per heavy atom. The van der Waals surface area contributed by atoms with Gasteiger partial charge in [0.1, 0.15) is 5.76 Å². The molecule has 3 heteroatoms. The average Bonchev–Trinajstić information content (AvgIpc) is 1.83. The Morgan fingerprint density at radius 1 is 1.42 bits per heavy atom. The molecule has 1 N–H and O–H groups in total. The lowest BCUT2D eigenvalue weighted by atomic mass is 9.92. The van der Waals surface area contributed by atoms with Crippen LogP contribution in [0.1, 0.15) is 27.7 Å². The largest absolute Gasteiger partial charge is 0.486 e. The fraction of sp³-hybridized carbons (Fsp3) is 0.667. The summed E-state index contributed by atoms with van der Waals surface area (Å²) in [6.45, 7) is 8.18. The molecule has 0 radical (unpaired) electrons. The first-order chi connectivity index (χ1) is 5.41. The molecule has 68 valence electrons. The molecule has 1 heterocycles. The van der Waals surface area contributed by atoms with Crippen molar-refractivity contribution in [3.8, 4) is 0 Å². The van der Waals surface area contributed by atoms with E-state index in [1.165, 1.54) is 0 Å². The number of hydrogen-bond acceptors (Lipinski definition) is 2. The molecule has 0 aromatic carbocycles. The van der Waals surface area contributed by atoms with E-state index in [0.717, 1.165) is 11.5 Å². The second-order valence-corrected chi connectivity index (χ2v) is 4.04. The van der Waals surface area contributed by atoms with E-state index in [2.05, 4.69) is 26.1 Å². The molecular formula is C9H15NO2. The van der Waals surface area contributed by atoms with Crippen molar-refractivity contribution in [3.63, 3.8) is 0 Å². The van der Waals surface area contributed by atoms with Gasteiger partial charge in [-0.15, -0.1) is 0 Å². The third-order valence-electron chi connectivity index (χ3n) is 1.70. The molecule has 0 spiro atoms. The first kappa shape index (κ1) is 9.10. The molecule has 3 nitrogen and oxygen atoms in total. The summed E-state index contributed by atoms with van der Waals surface area (Å²) < 4.78 is 5.33. The second-order valence-electron chi connectivity index (χ2n) is 4.04. The van der Waals surface area contributed by atoms with Gasteiger partial charge in [0.15, 0.2) is 6.61 Å². The molecule has 0 aliphatic carbocycles.